The molecule has 0 aliphatic carbocycles. The summed E-state index contributed by atoms with van der Waals surface area (Å²) in [4.78, 5) is 16.6. The highest BCUT2D eigenvalue weighted by Gasteiger charge is 2.24. The van der Waals surface area contributed by atoms with Crippen LogP contribution in [0.1, 0.15) is 16.8 Å². The molecule has 6 nitrogen and oxygen atoms in total. The third-order valence-corrected chi connectivity index (χ3v) is 4.68. The van der Waals surface area contributed by atoms with E-state index >= 15 is 0 Å². The third kappa shape index (κ3) is 4.67. The number of aliphatic hydroxyl groups is 1. The molecule has 1 amide bonds. The minimum absolute atomic E-state index is 0.0825. The normalized spacial score (nSPS) is 15.8. The van der Waals surface area contributed by atoms with Gasteiger partial charge < -0.3 is 10.0 Å². The Balaban J connectivity index is 1.50. The van der Waals surface area contributed by atoms with Gasteiger partial charge in [0.1, 0.15) is 0 Å². The van der Waals surface area contributed by atoms with Crippen LogP contribution in [-0.4, -0.2) is 63.4 Å². The first-order valence-corrected chi connectivity index (χ1v) is 8.83. The molecule has 1 aromatic heterocycles. The number of aliphatic hydroxyl groups excluding tert-OH is 1. The lowest BCUT2D eigenvalue weighted by molar-refractivity contribution is -0.136. The van der Waals surface area contributed by atoms with E-state index < -0.39 is 0 Å². The van der Waals surface area contributed by atoms with Gasteiger partial charge in [-0.15, -0.1) is 0 Å². The van der Waals surface area contributed by atoms with Crippen LogP contribution in [0.5, 0.6) is 0 Å². The van der Waals surface area contributed by atoms with Gasteiger partial charge in [-0.3, -0.25) is 14.4 Å². The fourth-order valence-corrected chi connectivity index (χ4v) is 3.21. The van der Waals surface area contributed by atoms with Gasteiger partial charge in [0.05, 0.1) is 25.4 Å². The summed E-state index contributed by atoms with van der Waals surface area (Å²) >= 11 is 0. The average molecular weight is 342 g/mol. The lowest BCUT2D eigenvalue weighted by atomic mass is 10.1. The molecule has 1 aliphatic heterocycles. The van der Waals surface area contributed by atoms with Gasteiger partial charge in [-0.05, 0) is 18.9 Å². The van der Waals surface area contributed by atoms with Crippen LogP contribution in [0.25, 0.3) is 0 Å². The molecule has 3 rings (SSSR count). The highest BCUT2D eigenvalue weighted by molar-refractivity contribution is 5.79. The number of hydrogen-bond donors (Lipinski definition) is 1. The number of carbonyl (C=O) groups is 1. The van der Waals surface area contributed by atoms with E-state index in [1.807, 2.05) is 36.2 Å². The van der Waals surface area contributed by atoms with Gasteiger partial charge in [0.2, 0.25) is 5.91 Å². The monoisotopic (exact) mass is 342 g/mol. The van der Waals surface area contributed by atoms with E-state index in [1.54, 1.807) is 4.68 Å². The Labute approximate surface area is 148 Å². The number of hydrogen-bond acceptors (Lipinski definition) is 4. The molecule has 0 saturated carbocycles. The van der Waals surface area contributed by atoms with E-state index in [-0.39, 0.29) is 12.5 Å². The quantitative estimate of drug-likeness (QED) is 0.818. The van der Waals surface area contributed by atoms with Crippen LogP contribution in [0, 0.1) is 6.92 Å². The van der Waals surface area contributed by atoms with E-state index in [0.717, 1.165) is 43.9 Å². The van der Waals surface area contributed by atoms with Crippen LogP contribution < -0.4 is 0 Å². The van der Waals surface area contributed by atoms with Crippen molar-refractivity contribution in [1.82, 2.24) is 19.6 Å². The zero-order chi connectivity index (χ0) is 17.6. The van der Waals surface area contributed by atoms with Crippen molar-refractivity contribution in [3.05, 3.63) is 53.3 Å². The molecule has 0 radical (unpaired) electrons. The molecule has 0 unspecified atom stereocenters. The second kappa shape index (κ2) is 8.27. The van der Waals surface area contributed by atoms with Crippen molar-refractivity contribution in [2.75, 3.05) is 32.8 Å². The van der Waals surface area contributed by atoms with Crippen LogP contribution in [-0.2, 0) is 24.3 Å². The van der Waals surface area contributed by atoms with Crippen molar-refractivity contribution in [3.63, 3.8) is 0 Å². The Morgan fingerprint density at radius 2 is 1.96 bits per heavy atom. The number of nitrogens with zero attached hydrogens (tertiary/aromatic N) is 4. The molecule has 1 fully saturated rings. The SMILES string of the molecule is Cc1nn(CCO)cc1CN1CCN(CCc2ccccc2)C(=O)C1. The summed E-state index contributed by atoms with van der Waals surface area (Å²) in [7, 11) is 0. The molecular formula is C19H26N4O2. The molecule has 0 bridgehead atoms. The van der Waals surface area contributed by atoms with Crippen molar-refractivity contribution in [3.8, 4) is 0 Å². The molecule has 1 saturated heterocycles. The topological polar surface area (TPSA) is 61.6 Å². The summed E-state index contributed by atoms with van der Waals surface area (Å²) in [6.07, 6.45) is 2.87. The predicted octanol–water partition coefficient (Wildman–Crippen LogP) is 1.07. The number of amides is 1. The average Bonchev–Trinajstić information content (AvgIpc) is 2.95. The first kappa shape index (κ1) is 17.6. The largest absolute Gasteiger partial charge is 0.394 e. The van der Waals surface area contributed by atoms with Gasteiger partial charge >= 0.3 is 0 Å². The summed E-state index contributed by atoms with van der Waals surface area (Å²) in [5.41, 5.74) is 3.36. The lowest BCUT2D eigenvalue weighted by Crippen LogP contribution is -2.50. The van der Waals surface area contributed by atoms with E-state index in [9.17, 15) is 4.79 Å². The second-order valence-corrected chi connectivity index (χ2v) is 6.55. The maximum absolute atomic E-state index is 12.4. The summed E-state index contributed by atoms with van der Waals surface area (Å²) < 4.78 is 1.77. The highest BCUT2D eigenvalue weighted by Crippen LogP contribution is 2.13. The van der Waals surface area contributed by atoms with Crippen molar-refractivity contribution in [1.29, 1.82) is 0 Å². The maximum atomic E-state index is 12.4. The molecular weight excluding hydrogens is 316 g/mol. The minimum atomic E-state index is 0.0825. The zero-order valence-electron chi connectivity index (χ0n) is 14.8. The Bertz CT molecular complexity index is 699. The van der Waals surface area contributed by atoms with Gasteiger partial charge in [-0.1, -0.05) is 30.3 Å². The minimum Gasteiger partial charge on any atom is -0.394 e. The molecule has 134 valence electrons. The number of piperazine rings is 1. The number of aromatic nitrogens is 2. The van der Waals surface area contributed by atoms with Gasteiger partial charge in [-0.2, -0.15) is 5.10 Å². The number of benzene rings is 1. The van der Waals surface area contributed by atoms with Crippen LogP contribution in [0.3, 0.4) is 0 Å². The molecule has 25 heavy (non-hydrogen) atoms. The summed E-state index contributed by atoms with van der Waals surface area (Å²) in [6.45, 7) is 6.19. The lowest BCUT2D eigenvalue weighted by Gasteiger charge is -2.34. The maximum Gasteiger partial charge on any atom is 0.236 e. The summed E-state index contributed by atoms with van der Waals surface area (Å²) in [6, 6.07) is 10.3. The third-order valence-electron chi connectivity index (χ3n) is 4.68. The molecule has 1 aromatic carbocycles. The molecule has 1 aliphatic rings. The first-order chi connectivity index (χ1) is 12.2. The van der Waals surface area contributed by atoms with Gasteiger partial charge in [0.15, 0.2) is 0 Å². The Morgan fingerprint density at radius 3 is 2.68 bits per heavy atom. The molecule has 0 atom stereocenters. The van der Waals surface area contributed by atoms with E-state index in [0.29, 0.717) is 13.1 Å². The highest BCUT2D eigenvalue weighted by atomic mass is 16.3. The van der Waals surface area contributed by atoms with Crippen molar-refractivity contribution < 1.29 is 9.90 Å². The zero-order valence-corrected chi connectivity index (χ0v) is 14.8. The van der Waals surface area contributed by atoms with Gasteiger partial charge in [0.25, 0.3) is 0 Å². The van der Waals surface area contributed by atoms with Crippen molar-refractivity contribution in [2.24, 2.45) is 0 Å². The predicted molar refractivity (Wildman–Crippen MR) is 96.1 cm³/mol. The number of aryl methyl sites for hydroxylation is 1. The second-order valence-electron chi connectivity index (χ2n) is 6.55. The summed E-state index contributed by atoms with van der Waals surface area (Å²) in [5, 5.41) is 13.4. The molecule has 1 N–H and O–H groups in total. The number of rotatable bonds is 7. The molecule has 0 spiro atoms. The first-order valence-electron chi connectivity index (χ1n) is 8.83. The van der Waals surface area contributed by atoms with Gasteiger partial charge in [0, 0.05) is 37.9 Å². The van der Waals surface area contributed by atoms with Crippen LogP contribution in [0.4, 0.5) is 0 Å². The van der Waals surface area contributed by atoms with Crippen LogP contribution >= 0.6 is 0 Å². The van der Waals surface area contributed by atoms with Crippen LogP contribution in [0.15, 0.2) is 36.5 Å². The smallest absolute Gasteiger partial charge is 0.236 e. The Kier molecular flexibility index (Phi) is 5.83. The van der Waals surface area contributed by atoms with Crippen molar-refractivity contribution in [2.45, 2.75) is 26.4 Å². The Morgan fingerprint density at radius 1 is 1.16 bits per heavy atom. The van der Waals surface area contributed by atoms with Crippen molar-refractivity contribution >= 4 is 5.91 Å². The fraction of sp³-hybridized carbons (Fsp3) is 0.474. The van der Waals surface area contributed by atoms with E-state index in [1.165, 1.54) is 5.56 Å². The molecule has 2 aromatic rings. The fourth-order valence-electron chi connectivity index (χ4n) is 3.21. The van der Waals surface area contributed by atoms with E-state index in [4.69, 9.17) is 5.11 Å². The molecule has 2 heterocycles. The van der Waals surface area contributed by atoms with E-state index in [2.05, 4.69) is 22.1 Å². The number of carbonyl (C=O) groups excluding carboxylic acids is 1. The Hall–Kier alpha value is -2.18. The van der Waals surface area contributed by atoms with Gasteiger partial charge in [-0.25, -0.2) is 0 Å². The molecule has 6 heteroatoms. The standard InChI is InChI=1S/C19H26N4O2/c1-16-18(14-23(20-16)11-12-24)13-21-9-10-22(19(25)15-21)8-7-17-5-3-2-4-6-17/h2-6,14,24H,7-13,15H2,1H3. The van der Waals surface area contributed by atoms with Crippen LogP contribution in [0.2, 0.25) is 0 Å². The summed E-state index contributed by atoms with van der Waals surface area (Å²) in [5.74, 6) is 0.197.